The molecule has 1 aliphatic heterocycles. The number of H-pyrrole nitrogens is 1. The zero-order chi connectivity index (χ0) is 9.69. The van der Waals surface area contributed by atoms with Crippen LogP contribution in [-0.2, 0) is 0 Å². The van der Waals surface area contributed by atoms with Crippen molar-refractivity contribution in [3.05, 3.63) is 12.4 Å². The molecule has 72 valence electrons. The van der Waals surface area contributed by atoms with Gasteiger partial charge in [-0.15, -0.1) is 0 Å². The van der Waals surface area contributed by atoms with Crippen LogP contribution in [0, 0.1) is 0 Å². The van der Waals surface area contributed by atoms with Gasteiger partial charge in [0.1, 0.15) is 0 Å². The first-order valence-electron chi connectivity index (χ1n) is 3.63. The lowest BCUT2D eigenvalue weighted by atomic mass is 10.2. The fourth-order valence-electron chi connectivity index (χ4n) is 1.02. The third-order valence-electron chi connectivity index (χ3n) is 1.84. The molecule has 13 heavy (non-hydrogen) atoms. The smallest absolute Gasteiger partial charge is 0.282 e. The minimum absolute atomic E-state index is 0.386. The summed E-state index contributed by atoms with van der Waals surface area (Å²) in [6, 6.07) is 0. The Hall–Kier alpha value is -1.28. The first-order chi connectivity index (χ1) is 5.92. The van der Waals surface area contributed by atoms with Crippen molar-refractivity contribution in [1.82, 2.24) is 4.98 Å². The summed E-state index contributed by atoms with van der Waals surface area (Å²) in [5.41, 5.74) is 22.0. The summed E-state index contributed by atoms with van der Waals surface area (Å²) in [7, 11) is 0. The first-order valence-corrected chi connectivity index (χ1v) is 3.63. The quantitative estimate of drug-likeness (QED) is 0.294. The molecule has 9 N–H and O–H groups in total. The molecule has 1 aromatic rings. The van der Waals surface area contributed by atoms with E-state index >= 15 is 0 Å². The van der Waals surface area contributed by atoms with Gasteiger partial charge in [-0.25, -0.2) is 0 Å². The normalized spacial score (nSPS) is 22.8. The van der Waals surface area contributed by atoms with Crippen LogP contribution in [0.5, 0.6) is 11.5 Å². The van der Waals surface area contributed by atoms with E-state index in [9.17, 15) is 0 Å². The highest BCUT2D eigenvalue weighted by Crippen LogP contribution is 2.35. The first kappa shape index (κ1) is 8.32. The van der Waals surface area contributed by atoms with E-state index < -0.39 is 11.7 Å². The molecule has 0 radical (unpaired) electrons. The van der Waals surface area contributed by atoms with Gasteiger partial charge in [-0.2, -0.15) is 0 Å². The third-order valence-corrected chi connectivity index (χ3v) is 1.84. The van der Waals surface area contributed by atoms with Crippen molar-refractivity contribution < 1.29 is 9.47 Å². The molecule has 1 aromatic heterocycles. The zero-order valence-electron chi connectivity index (χ0n) is 6.78. The molecule has 0 unspecified atom stereocenters. The summed E-state index contributed by atoms with van der Waals surface area (Å²) < 4.78 is 10.2. The van der Waals surface area contributed by atoms with E-state index in [1.165, 1.54) is 0 Å². The predicted molar refractivity (Wildman–Crippen MR) is 44.3 cm³/mol. The van der Waals surface area contributed by atoms with E-state index in [0.717, 1.165) is 0 Å². The van der Waals surface area contributed by atoms with Gasteiger partial charge in [0.05, 0.1) is 0 Å². The van der Waals surface area contributed by atoms with Gasteiger partial charge >= 0.3 is 0 Å². The van der Waals surface area contributed by atoms with Crippen LogP contribution in [-0.4, -0.2) is 16.7 Å². The molecule has 0 atom stereocenters. The average molecular weight is 185 g/mol. The van der Waals surface area contributed by atoms with E-state index in [1.54, 1.807) is 12.4 Å². The molecule has 0 bridgehead atoms. The number of hydrogen-bond donors (Lipinski definition) is 5. The van der Waals surface area contributed by atoms with Crippen LogP contribution < -0.4 is 32.4 Å². The third kappa shape index (κ3) is 1.06. The molecule has 0 saturated heterocycles. The van der Waals surface area contributed by atoms with Gasteiger partial charge in [-0.3, -0.25) is 22.9 Å². The van der Waals surface area contributed by atoms with E-state index in [1.807, 2.05) is 0 Å². The van der Waals surface area contributed by atoms with Crippen LogP contribution >= 0.6 is 0 Å². The summed E-state index contributed by atoms with van der Waals surface area (Å²) in [5.74, 6) is -2.72. The van der Waals surface area contributed by atoms with Crippen molar-refractivity contribution in [1.29, 1.82) is 0 Å². The van der Waals surface area contributed by atoms with Gasteiger partial charge in [-0.1, -0.05) is 0 Å². The Morgan fingerprint density at radius 3 is 1.69 bits per heavy atom. The maximum atomic E-state index is 5.50. The fraction of sp³-hybridized carbons (Fsp3) is 0.333. The molecule has 1 aliphatic rings. The van der Waals surface area contributed by atoms with Crippen molar-refractivity contribution in [2.24, 2.45) is 22.9 Å². The van der Waals surface area contributed by atoms with Gasteiger partial charge in [0.25, 0.3) is 11.7 Å². The number of nitrogens with two attached hydrogens (primary N) is 4. The Morgan fingerprint density at radius 2 is 1.31 bits per heavy atom. The lowest BCUT2D eigenvalue weighted by molar-refractivity contribution is -0.129. The molecular weight excluding hydrogens is 174 g/mol. The van der Waals surface area contributed by atoms with Gasteiger partial charge < -0.3 is 14.5 Å². The number of nitrogens with one attached hydrogen (secondary N) is 1. The highest BCUT2D eigenvalue weighted by Gasteiger charge is 2.50. The zero-order valence-corrected chi connectivity index (χ0v) is 6.78. The van der Waals surface area contributed by atoms with E-state index in [0.29, 0.717) is 11.5 Å². The molecule has 2 rings (SSSR count). The molecule has 0 aliphatic carbocycles. The minimum atomic E-state index is -1.75. The van der Waals surface area contributed by atoms with Gasteiger partial charge in [0.2, 0.25) is 0 Å². The predicted octanol–water partition coefficient (Wildman–Crippen LogP) is -2.07. The largest absolute Gasteiger partial charge is 0.447 e. The Bertz CT molecular complexity index is 301. The van der Waals surface area contributed by atoms with Crippen LogP contribution in [0.15, 0.2) is 12.4 Å². The minimum Gasteiger partial charge on any atom is -0.447 e. The van der Waals surface area contributed by atoms with E-state index in [-0.39, 0.29) is 0 Å². The number of aromatic amines is 1. The topological polar surface area (TPSA) is 138 Å². The maximum absolute atomic E-state index is 5.50. The Kier molecular flexibility index (Phi) is 1.37. The average Bonchev–Trinajstić information content (AvgIpc) is 2.33. The van der Waals surface area contributed by atoms with Gasteiger partial charge in [-0.05, 0) is 0 Å². The molecular formula is C6H11N5O2. The van der Waals surface area contributed by atoms with E-state index in [2.05, 4.69) is 4.98 Å². The summed E-state index contributed by atoms with van der Waals surface area (Å²) in [6.45, 7) is 0. The van der Waals surface area contributed by atoms with Crippen LogP contribution in [0.2, 0.25) is 0 Å². The fourth-order valence-corrected chi connectivity index (χ4v) is 1.02. The molecule has 2 heterocycles. The number of ether oxygens (including phenoxy) is 2. The SMILES string of the molecule is NC1(N)Oc2c[nH]cc2OC1(N)N. The highest BCUT2D eigenvalue weighted by atomic mass is 16.6. The molecule has 0 amide bonds. The summed E-state index contributed by atoms with van der Waals surface area (Å²) in [6.07, 6.45) is 3.08. The van der Waals surface area contributed by atoms with Crippen LogP contribution in [0.3, 0.4) is 0 Å². The number of fused-ring (bicyclic) bond motifs is 1. The van der Waals surface area contributed by atoms with Gasteiger partial charge in [0.15, 0.2) is 11.5 Å². The Morgan fingerprint density at radius 1 is 0.923 bits per heavy atom. The number of aromatic nitrogens is 1. The van der Waals surface area contributed by atoms with Gasteiger partial charge in [0, 0.05) is 12.4 Å². The van der Waals surface area contributed by atoms with Crippen molar-refractivity contribution in [2.75, 3.05) is 0 Å². The molecule has 7 nitrogen and oxygen atoms in total. The van der Waals surface area contributed by atoms with Crippen LogP contribution in [0.25, 0.3) is 0 Å². The maximum Gasteiger partial charge on any atom is 0.282 e. The highest BCUT2D eigenvalue weighted by molar-refractivity contribution is 5.40. The van der Waals surface area contributed by atoms with Crippen LogP contribution in [0.1, 0.15) is 0 Å². The Balaban J connectivity index is 2.43. The lowest BCUT2D eigenvalue weighted by Gasteiger charge is -2.41. The second-order valence-electron chi connectivity index (χ2n) is 2.97. The Labute approximate surface area is 74.0 Å². The molecule has 0 aromatic carbocycles. The number of rotatable bonds is 0. The van der Waals surface area contributed by atoms with Crippen molar-refractivity contribution >= 4 is 0 Å². The van der Waals surface area contributed by atoms with Crippen LogP contribution in [0.4, 0.5) is 0 Å². The molecule has 7 heteroatoms. The molecule has 0 saturated carbocycles. The molecule has 0 fully saturated rings. The van der Waals surface area contributed by atoms with Crippen molar-refractivity contribution in [3.63, 3.8) is 0 Å². The summed E-state index contributed by atoms with van der Waals surface area (Å²) in [5, 5.41) is 0. The standard InChI is InChI=1S/C6H11N5O2/c7-5(8)6(9,10)13-4-2-11-1-3(4)12-5/h1-2,11H,7-10H2. The van der Waals surface area contributed by atoms with Crippen molar-refractivity contribution in [3.8, 4) is 11.5 Å². The lowest BCUT2D eigenvalue weighted by Crippen LogP contribution is -2.82. The molecule has 0 spiro atoms. The monoisotopic (exact) mass is 185 g/mol. The summed E-state index contributed by atoms with van der Waals surface area (Å²) >= 11 is 0. The second kappa shape index (κ2) is 2.15. The van der Waals surface area contributed by atoms with E-state index in [4.69, 9.17) is 32.4 Å². The van der Waals surface area contributed by atoms with Crippen molar-refractivity contribution in [2.45, 2.75) is 11.7 Å². The second-order valence-corrected chi connectivity index (χ2v) is 2.97. The summed E-state index contributed by atoms with van der Waals surface area (Å²) in [4.78, 5) is 2.74. The number of hydrogen-bond acceptors (Lipinski definition) is 6.